The van der Waals surface area contributed by atoms with Crippen molar-refractivity contribution in [2.24, 2.45) is 35.0 Å². The Kier molecular flexibility index (Phi) is 5.46. The first-order valence-corrected chi connectivity index (χ1v) is 11.0. The lowest BCUT2D eigenvalue weighted by molar-refractivity contribution is -0.0746. The number of hydrogen-bond donors (Lipinski definition) is 1. The van der Waals surface area contributed by atoms with Crippen molar-refractivity contribution < 1.29 is 9.84 Å². The molecular formula is C22H39NO2. The maximum atomic E-state index is 10.4. The van der Waals surface area contributed by atoms with Gasteiger partial charge in [0, 0.05) is 26.2 Å². The van der Waals surface area contributed by atoms with Gasteiger partial charge in [-0.1, -0.05) is 13.8 Å². The normalized spacial score (nSPS) is 45.0. The molecule has 0 unspecified atom stereocenters. The van der Waals surface area contributed by atoms with Crippen LogP contribution < -0.4 is 0 Å². The highest BCUT2D eigenvalue weighted by atomic mass is 16.5. The predicted octanol–water partition coefficient (Wildman–Crippen LogP) is 3.95. The Bertz CT molecular complexity index is 406. The van der Waals surface area contributed by atoms with E-state index < -0.39 is 0 Å². The Morgan fingerprint density at radius 3 is 2.08 bits per heavy atom. The van der Waals surface area contributed by atoms with Crippen LogP contribution in [0.5, 0.6) is 0 Å². The minimum Gasteiger partial charge on any atom is -0.389 e. The van der Waals surface area contributed by atoms with E-state index in [1.807, 2.05) is 0 Å². The van der Waals surface area contributed by atoms with Crippen molar-refractivity contribution in [3.05, 3.63) is 0 Å². The van der Waals surface area contributed by atoms with E-state index >= 15 is 0 Å². The number of hydrogen-bond acceptors (Lipinski definition) is 3. The summed E-state index contributed by atoms with van der Waals surface area (Å²) in [6.07, 6.45) is 11.2. The van der Waals surface area contributed by atoms with E-state index in [2.05, 4.69) is 18.7 Å². The van der Waals surface area contributed by atoms with Gasteiger partial charge in [-0.2, -0.15) is 0 Å². The molecule has 25 heavy (non-hydrogen) atoms. The van der Waals surface area contributed by atoms with E-state index in [4.69, 9.17) is 4.74 Å². The van der Waals surface area contributed by atoms with Crippen LogP contribution in [0.2, 0.25) is 0 Å². The number of piperidine rings is 1. The molecule has 1 saturated heterocycles. The van der Waals surface area contributed by atoms with E-state index in [-0.39, 0.29) is 6.10 Å². The average Bonchev–Trinajstić information content (AvgIpc) is 2.49. The van der Waals surface area contributed by atoms with Crippen molar-refractivity contribution in [2.45, 2.75) is 71.3 Å². The summed E-state index contributed by atoms with van der Waals surface area (Å²) in [5.74, 6) is 4.60. The molecule has 1 aliphatic heterocycles. The summed E-state index contributed by atoms with van der Waals surface area (Å²) in [5, 5.41) is 10.4. The van der Waals surface area contributed by atoms with Crippen LogP contribution in [0.25, 0.3) is 0 Å². The third-order valence-electron chi connectivity index (χ3n) is 7.67. The zero-order valence-electron chi connectivity index (χ0n) is 16.5. The molecule has 1 N–H and O–H groups in total. The standard InChI is InChI=1S/C22H39NO2/c1-16-5-17(2)13-23(12-16)14-21(24)15-25-4-3-22-9-18-6-19(10-22)8-20(7-18)11-22/h16-21,24H,3-15H2,1-2H3/t16-,17-,18?,19?,20?,21-,22?/m1/s1. The highest BCUT2D eigenvalue weighted by molar-refractivity contribution is 5.01. The smallest absolute Gasteiger partial charge is 0.0900 e. The number of aliphatic hydroxyl groups excluding tert-OH is 1. The zero-order valence-corrected chi connectivity index (χ0v) is 16.5. The summed E-state index contributed by atoms with van der Waals surface area (Å²) in [6.45, 7) is 9.09. The topological polar surface area (TPSA) is 32.7 Å². The van der Waals surface area contributed by atoms with Gasteiger partial charge in [-0.3, -0.25) is 0 Å². The molecule has 4 saturated carbocycles. The summed E-state index contributed by atoms with van der Waals surface area (Å²) < 4.78 is 5.95. The SMILES string of the molecule is C[C@@H]1C[C@@H](C)CN(C[C@@H](O)COCCC23CC4CC(CC(C4)C2)C3)C1. The number of aliphatic hydroxyl groups is 1. The summed E-state index contributed by atoms with van der Waals surface area (Å²) in [4.78, 5) is 2.44. The Hall–Kier alpha value is -0.120. The lowest BCUT2D eigenvalue weighted by Crippen LogP contribution is -2.46. The van der Waals surface area contributed by atoms with Crippen molar-refractivity contribution in [3.63, 3.8) is 0 Å². The van der Waals surface area contributed by atoms with Gasteiger partial charge in [0.25, 0.3) is 0 Å². The van der Waals surface area contributed by atoms with Crippen molar-refractivity contribution in [3.8, 4) is 0 Å². The zero-order chi connectivity index (χ0) is 17.4. The van der Waals surface area contributed by atoms with Crippen LogP contribution in [0.15, 0.2) is 0 Å². The van der Waals surface area contributed by atoms with Gasteiger partial charge in [0.05, 0.1) is 12.7 Å². The Labute approximate surface area is 154 Å². The van der Waals surface area contributed by atoms with Gasteiger partial charge in [0.2, 0.25) is 0 Å². The number of likely N-dealkylation sites (tertiary alicyclic amines) is 1. The lowest BCUT2D eigenvalue weighted by Gasteiger charge is -2.57. The molecule has 3 heteroatoms. The molecule has 0 amide bonds. The van der Waals surface area contributed by atoms with E-state index in [0.29, 0.717) is 12.0 Å². The molecule has 0 aromatic rings. The first-order chi connectivity index (χ1) is 12.0. The van der Waals surface area contributed by atoms with Gasteiger partial charge >= 0.3 is 0 Å². The van der Waals surface area contributed by atoms with Crippen LogP contribution in [0, 0.1) is 35.0 Å². The largest absolute Gasteiger partial charge is 0.389 e. The maximum Gasteiger partial charge on any atom is 0.0900 e. The third-order valence-corrected chi connectivity index (χ3v) is 7.67. The number of nitrogens with zero attached hydrogens (tertiary/aromatic N) is 1. The Morgan fingerprint density at radius 2 is 1.52 bits per heavy atom. The van der Waals surface area contributed by atoms with Crippen molar-refractivity contribution in [2.75, 3.05) is 32.8 Å². The van der Waals surface area contributed by atoms with E-state index in [0.717, 1.165) is 55.8 Å². The molecule has 3 atom stereocenters. The van der Waals surface area contributed by atoms with E-state index in [1.54, 1.807) is 0 Å². The van der Waals surface area contributed by atoms with E-state index in [1.165, 1.54) is 51.4 Å². The van der Waals surface area contributed by atoms with Crippen LogP contribution in [0.4, 0.5) is 0 Å². The lowest BCUT2D eigenvalue weighted by atomic mass is 9.49. The fraction of sp³-hybridized carbons (Fsp3) is 1.00. The Balaban J connectivity index is 1.16. The monoisotopic (exact) mass is 349 g/mol. The summed E-state index contributed by atoms with van der Waals surface area (Å²) >= 11 is 0. The third kappa shape index (κ3) is 4.42. The van der Waals surface area contributed by atoms with Crippen LogP contribution in [0.1, 0.15) is 65.2 Å². The molecular weight excluding hydrogens is 310 g/mol. The quantitative estimate of drug-likeness (QED) is 0.707. The van der Waals surface area contributed by atoms with Gasteiger partial charge in [-0.05, 0) is 86.4 Å². The number of rotatable bonds is 7. The summed E-state index contributed by atoms with van der Waals surface area (Å²) in [5.41, 5.74) is 0.609. The van der Waals surface area contributed by atoms with Crippen molar-refractivity contribution in [1.29, 1.82) is 0 Å². The second-order valence-corrected chi connectivity index (χ2v) is 10.6. The van der Waals surface area contributed by atoms with Crippen LogP contribution >= 0.6 is 0 Å². The molecule has 0 aromatic carbocycles. The van der Waals surface area contributed by atoms with Gasteiger partial charge in [-0.15, -0.1) is 0 Å². The molecule has 5 fully saturated rings. The molecule has 1 heterocycles. The van der Waals surface area contributed by atoms with Crippen LogP contribution in [-0.4, -0.2) is 49.0 Å². The molecule has 144 valence electrons. The number of ether oxygens (including phenoxy) is 1. The van der Waals surface area contributed by atoms with Crippen LogP contribution in [0.3, 0.4) is 0 Å². The molecule has 3 nitrogen and oxygen atoms in total. The van der Waals surface area contributed by atoms with Gasteiger partial charge in [-0.25, -0.2) is 0 Å². The highest BCUT2D eigenvalue weighted by Crippen LogP contribution is 2.61. The van der Waals surface area contributed by atoms with Crippen LogP contribution in [-0.2, 0) is 4.74 Å². The summed E-state index contributed by atoms with van der Waals surface area (Å²) in [7, 11) is 0. The molecule has 5 rings (SSSR count). The minimum atomic E-state index is -0.325. The molecule has 0 aromatic heterocycles. The predicted molar refractivity (Wildman–Crippen MR) is 101 cm³/mol. The first-order valence-electron chi connectivity index (χ1n) is 11.0. The fourth-order valence-electron chi connectivity index (χ4n) is 7.40. The first kappa shape index (κ1) is 18.3. The maximum absolute atomic E-state index is 10.4. The molecule has 5 aliphatic rings. The average molecular weight is 350 g/mol. The fourth-order valence-corrected chi connectivity index (χ4v) is 7.40. The van der Waals surface area contributed by atoms with Gasteiger partial charge in [0.1, 0.15) is 0 Å². The molecule has 0 spiro atoms. The number of β-amino-alcohol motifs (C(OH)–C–C–N with tert-alkyl or cyclic N) is 1. The highest BCUT2D eigenvalue weighted by Gasteiger charge is 2.50. The molecule has 0 radical (unpaired) electrons. The van der Waals surface area contributed by atoms with Gasteiger partial charge < -0.3 is 14.7 Å². The molecule has 4 aliphatic carbocycles. The summed E-state index contributed by atoms with van der Waals surface area (Å²) in [6, 6.07) is 0. The van der Waals surface area contributed by atoms with Crippen molar-refractivity contribution in [1.82, 2.24) is 4.90 Å². The second-order valence-electron chi connectivity index (χ2n) is 10.6. The van der Waals surface area contributed by atoms with E-state index in [9.17, 15) is 5.11 Å². The van der Waals surface area contributed by atoms with Gasteiger partial charge in [0.15, 0.2) is 0 Å². The Morgan fingerprint density at radius 1 is 0.960 bits per heavy atom. The second kappa shape index (κ2) is 7.48. The molecule has 4 bridgehead atoms. The van der Waals surface area contributed by atoms with Crippen molar-refractivity contribution >= 4 is 0 Å². The minimum absolute atomic E-state index is 0.325.